The molecule has 0 unspecified atom stereocenters. The third-order valence-corrected chi connectivity index (χ3v) is 4.34. The number of nitrogens with zero attached hydrogens (tertiary/aromatic N) is 2. The van der Waals surface area contributed by atoms with Crippen LogP contribution in [0.3, 0.4) is 0 Å². The van der Waals surface area contributed by atoms with Crippen molar-refractivity contribution in [1.29, 1.82) is 0 Å². The second kappa shape index (κ2) is 10.5. The molecule has 1 heterocycles. The number of halogens is 1. The molecule has 1 aliphatic heterocycles. The first-order chi connectivity index (χ1) is 14.1. The Balaban J connectivity index is 1.53. The first-order valence-electron chi connectivity index (χ1n) is 9.31. The molecule has 29 heavy (non-hydrogen) atoms. The van der Waals surface area contributed by atoms with Crippen LogP contribution >= 0.6 is 0 Å². The summed E-state index contributed by atoms with van der Waals surface area (Å²) in [6.07, 6.45) is 1.54. The monoisotopic (exact) mass is 401 g/mol. The third-order valence-electron chi connectivity index (χ3n) is 4.34. The van der Waals surface area contributed by atoms with Crippen molar-refractivity contribution < 1.29 is 23.4 Å². The van der Waals surface area contributed by atoms with Crippen molar-refractivity contribution in [2.24, 2.45) is 5.10 Å². The number of rotatable bonds is 8. The molecule has 8 heteroatoms. The van der Waals surface area contributed by atoms with Crippen LogP contribution in [0.2, 0.25) is 0 Å². The molecule has 3 rings (SSSR count). The summed E-state index contributed by atoms with van der Waals surface area (Å²) in [6.45, 7) is 3.28. The van der Waals surface area contributed by atoms with Gasteiger partial charge in [0.25, 0.3) is 5.91 Å². The number of carbonyl (C=O) groups is 1. The van der Waals surface area contributed by atoms with E-state index in [0.29, 0.717) is 24.7 Å². The number of hydrogen-bond donors (Lipinski definition) is 1. The predicted octanol–water partition coefficient (Wildman–Crippen LogP) is 2.20. The first kappa shape index (κ1) is 20.8. The van der Waals surface area contributed by atoms with Crippen molar-refractivity contribution >= 4 is 12.1 Å². The summed E-state index contributed by atoms with van der Waals surface area (Å²) >= 11 is 0. The van der Waals surface area contributed by atoms with Gasteiger partial charge in [0.2, 0.25) is 0 Å². The van der Waals surface area contributed by atoms with Crippen LogP contribution in [0.25, 0.3) is 0 Å². The minimum atomic E-state index is -0.305. The first-order valence-corrected chi connectivity index (χ1v) is 9.31. The fraction of sp³-hybridized carbons (Fsp3) is 0.333. The highest BCUT2D eigenvalue weighted by Crippen LogP contribution is 2.28. The van der Waals surface area contributed by atoms with E-state index in [0.717, 1.165) is 24.2 Å². The Bertz CT molecular complexity index is 854. The molecule has 0 radical (unpaired) electrons. The normalized spacial score (nSPS) is 14.7. The van der Waals surface area contributed by atoms with Crippen LogP contribution < -0.4 is 14.9 Å². The molecule has 0 atom stereocenters. The number of nitrogens with one attached hydrogen (secondary N) is 1. The average molecular weight is 401 g/mol. The molecule has 0 spiro atoms. The lowest BCUT2D eigenvalue weighted by atomic mass is 10.2. The fourth-order valence-corrected chi connectivity index (χ4v) is 2.85. The number of hydrogen-bond acceptors (Lipinski definition) is 6. The number of methoxy groups -OCH3 is 1. The molecule has 2 aromatic rings. The van der Waals surface area contributed by atoms with E-state index < -0.39 is 0 Å². The number of benzene rings is 2. The zero-order valence-electron chi connectivity index (χ0n) is 16.3. The van der Waals surface area contributed by atoms with Crippen molar-refractivity contribution in [3.05, 3.63) is 59.4 Å². The van der Waals surface area contributed by atoms with Gasteiger partial charge >= 0.3 is 0 Å². The summed E-state index contributed by atoms with van der Waals surface area (Å²) in [7, 11) is 1.54. The summed E-state index contributed by atoms with van der Waals surface area (Å²) < 4.78 is 29.6. The zero-order chi connectivity index (χ0) is 20.5. The van der Waals surface area contributed by atoms with Crippen molar-refractivity contribution in [3.63, 3.8) is 0 Å². The van der Waals surface area contributed by atoms with E-state index in [1.807, 2.05) is 4.90 Å². The van der Waals surface area contributed by atoms with Gasteiger partial charge in [0, 0.05) is 13.1 Å². The zero-order valence-corrected chi connectivity index (χ0v) is 16.3. The molecule has 0 bridgehead atoms. The van der Waals surface area contributed by atoms with Gasteiger partial charge in [-0.2, -0.15) is 5.10 Å². The SMILES string of the molecule is COc1cc(/C=N/NC(=O)CN2CCOCC2)ccc1OCc1cccc(F)c1. The van der Waals surface area contributed by atoms with Crippen molar-refractivity contribution in [2.75, 3.05) is 40.0 Å². The van der Waals surface area contributed by atoms with Gasteiger partial charge < -0.3 is 14.2 Å². The fourth-order valence-electron chi connectivity index (χ4n) is 2.85. The maximum atomic E-state index is 13.3. The third kappa shape index (κ3) is 6.55. The maximum Gasteiger partial charge on any atom is 0.254 e. The average Bonchev–Trinajstić information content (AvgIpc) is 2.73. The molecule has 7 nitrogen and oxygen atoms in total. The lowest BCUT2D eigenvalue weighted by molar-refractivity contribution is -0.123. The highest BCUT2D eigenvalue weighted by Gasteiger charge is 2.13. The number of morpholine rings is 1. The van der Waals surface area contributed by atoms with E-state index in [9.17, 15) is 9.18 Å². The number of ether oxygens (including phenoxy) is 3. The smallest absolute Gasteiger partial charge is 0.254 e. The summed E-state index contributed by atoms with van der Waals surface area (Å²) in [4.78, 5) is 14.0. The number of carbonyl (C=O) groups excluding carboxylic acids is 1. The summed E-state index contributed by atoms with van der Waals surface area (Å²) in [6, 6.07) is 11.5. The number of amides is 1. The maximum absolute atomic E-state index is 13.3. The summed E-state index contributed by atoms with van der Waals surface area (Å²) in [5, 5.41) is 3.99. The Morgan fingerprint density at radius 3 is 2.83 bits per heavy atom. The molecule has 1 amide bonds. The van der Waals surface area contributed by atoms with E-state index in [-0.39, 0.29) is 24.9 Å². The van der Waals surface area contributed by atoms with E-state index >= 15 is 0 Å². The second-order valence-electron chi connectivity index (χ2n) is 6.51. The van der Waals surface area contributed by atoms with Crippen molar-refractivity contribution in [2.45, 2.75) is 6.61 Å². The second-order valence-corrected chi connectivity index (χ2v) is 6.51. The summed E-state index contributed by atoms with van der Waals surface area (Å²) in [5.41, 5.74) is 3.99. The Morgan fingerprint density at radius 1 is 1.24 bits per heavy atom. The van der Waals surface area contributed by atoms with E-state index in [1.165, 1.54) is 25.5 Å². The van der Waals surface area contributed by atoms with Crippen LogP contribution in [0.5, 0.6) is 11.5 Å². The van der Waals surface area contributed by atoms with Gasteiger partial charge in [0.1, 0.15) is 12.4 Å². The van der Waals surface area contributed by atoms with Crippen LogP contribution in [0.15, 0.2) is 47.6 Å². The molecule has 0 aliphatic carbocycles. The molecule has 1 fully saturated rings. The molecule has 1 aliphatic rings. The van der Waals surface area contributed by atoms with Crippen LogP contribution in [0.1, 0.15) is 11.1 Å². The van der Waals surface area contributed by atoms with Crippen LogP contribution in [0.4, 0.5) is 4.39 Å². The largest absolute Gasteiger partial charge is 0.493 e. The van der Waals surface area contributed by atoms with E-state index in [1.54, 1.807) is 30.3 Å². The highest BCUT2D eigenvalue weighted by molar-refractivity contribution is 5.83. The Labute approximate surface area is 169 Å². The topological polar surface area (TPSA) is 72.4 Å². The van der Waals surface area contributed by atoms with Crippen LogP contribution in [-0.4, -0.2) is 57.0 Å². The van der Waals surface area contributed by atoms with Gasteiger partial charge in [-0.15, -0.1) is 0 Å². The Morgan fingerprint density at radius 2 is 2.07 bits per heavy atom. The van der Waals surface area contributed by atoms with Gasteiger partial charge in [-0.05, 0) is 41.5 Å². The van der Waals surface area contributed by atoms with E-state index in [4.69, 9.17) is 14.2 Å². The van der Waals surface area contributed by atoms with Gasteiger partial charge in [0.15, 0.2) is 11.5 Å². The van der Waals surface area contributed by atoms with Gasteiger partial charge in [0.05, 0.1) is 33.1 Å². The molecule has 1 saturated heterocycles. The van der Waals surface area contributed by atoms with Crippen LogP contribution in [-0.2, 0) is 16.1 Å². The van der Waals surface area contributed by atoms with Gasteiger partial charge in [-0.3, -0.25) is 9.69 Å². The van der Waals surface area contributed by atoms with Crippen molar-refractivity contribution in [1.82, 2.24) is 10.3 Å². The number of hydrazone groups is 1. The van der Waals surface area contributed by atoms with Gasteiger partial charge in [-0.1, -0.05) is 12.1 Å². The minimum Gasteiger partial charge on any atom is -0.493 e. The molecular formula is C21H24FN3O4. The lowest BCUT2D eigenvalue weighted by Crippen LogP contribution is -2.42. The van der Waals surface area contributed by atoms with Gasteiger partial charge in [-0.25, -0.2) is 9.82 Å². The standard InChI is InChI=1S/C21H24FN3O4/c1-27-20-12-16(13-23-24-21(26)14-25-7-9-28-10-8-25)5-6-19(20)29-15-17-3-2-4-18(22)11-17/h2-6,11-13H,7-10,14-15H2,1H3,(H,24,26)/b23-13+. The minimum absolute atomic E-state index is 0.176. The van der Waals surface area contributed by atoms with E-state index in [2.05, 4.69) is 10.5 Å². The molecule has 1 N–H and O–H groups in total. The highest BCUT2D eigenvalue weighted by atomic mass is 19.1. The molecular weight excluding hydrogens is 377 g/mol. The molecule has 154 valence electrons. The Hall–Kier alpha value is -2.97. The Kier molecular flexibility index (Phi) is 7.54. The van der Waals surface area contributed by atoms with Crippen LogP contribution in [0, 0.1) is 5.82 Å². The summed E-state index contributed by atoms with van der Waals surface area (Å²) in [5.74, 6) is 0.570. The lowest BCUT2D eigenvalue weighted by Gasteiger charge is -2.25. The molecule has 2 aromatic carbocycles. The molecule has 0 saturated carbocycles. The van der Waals surface area contributed by atoms with Crippen molar-refractivity contribution in [3.8, 4) is 11.5 Å². The predicted molar refractivity (Wildman–Crippen MR) is 107 cm³/mol. The quantitative estimate of drug-likeness (QED) is 0.542. The molecule has 0 aromatic heterocycles.